The quantitative estimate of drug-likeness (QED) is 0.718. The number of benzene rings is 1. The Balaban J connectivity index is 0.00000150. The van der Waals surface area contributed by atoms with Crippen molar-refractivity contribution in [3.05, 3.63) is 40.9 Å². The molecular weight excluding hydrogens is 446 g/mol. The summed E-state index contributed by atoms with van der Waals surface area (Å²) in [7, 11) is 0. The van der Waals surface area contributed by atoms with Crippen molar-refractivity contribution in [3.63, 3.8) is 0 Å². The van der Waals surface area contributed by atoms with Crippen LogP contribution in [-0.2, 0) is 17.4 Å². The first-order valence-corrected chi connectivity index (χ1v) is 9.94. The highest BCUT2D eigenvalue weighted by atomic mass is 35.5. The van der Waals surface area contributed by atoms with Gasteiger partial charge in [0.2, 0.25) is 5.91 Å². The summed E-state index contributed by atoms with van der Waals surface area (Å²) in [5, 5.41) is 5.64. The fraction of sp³-hybridized carbons (Fsp3) is 0.474. The number of fused-ring (bicyclic) bond motifs is 2. The summed E-state index contributed by atoms with van der Waals surface area (Å²) in [5.41, 5.74) is 0.350. The van der Waals surface area contributed by atoms with Crippen molar-refractivity contribution in [2.75, 3.05) is 13.1 Å². The molecule has 2 saturated heterocycles. The zero-order valence-corrected chi connectivity index (χ0v) is 17.9. The van der Waals surface area contributed by atoms with Crippen molar-refractivity contribution in [2.24, 2.45) is 0 Å². The van der Waals surface area contributed by atoms with E-state index in [-0.39, 0.29) is 43.2 Å². The smallest absolute Gasteiger partial charge is 0.335 e. The van der Waals surface area contributed by atoms with Gasteiger partial charge in [0.25, 0.3) is 0 Å². The first-order chi connectivity index (χ1) is 12.9. The number of carbonyl (C=O) groups excluding carboxylic acids is 1. The van der Waals surface area contributed by atoms with Crippen LogP contribution in [0.25, 0.3) is 10.6 Å². The van der Waals surface area contributed by atoms with Gasteiger partial charge in [0.15, 0.2) is 0 Å². The van der Waals surface area contributed by atoms with Crippen LogP contribution in [0.3, 0.4) is 0 Å². The van der Waals surface area contributed by atoms with Gasteiger partial charge < -0.3 is 10.2 Å². The number of carbonyl (C=O) groups is 1. The molecule has 4 nitrogen and oxygen atoms in total. The molecule has 1 amide bonds. The van der Waals surface area contributed by atoms with Crippen molar-refractivity contribution < 1.29 is 18.0 Å². The second-order valence-corrected chi connectivity index (χ2v) is 7.94. The van der Waals surface area contributed by atoms with Gasteiger partial charge in [0.1, 0.15) is 5.01 Å². The first-order valence-electron chi connectivity index (χ1n) is 9.06. The number of halogens is 5. The van der Waals surface area contributed by atoms with Crippen LogP contribution in [0.2, 0.25) is 0 Å². The van der Waals surface area contributed by atoms with Crippen LogP contribution in [0.15, 0.2) is 29.6 Å². The number of alkyl halides is 3. The van der Waals surface area contributed by atoms with Crippen molar-refractivity contribution in [2.45, 2.75) is 43.9 Å². The lowest BCUT2D eigenvalue weighted by molar-refractivity contribution is -0.137. The summed E-state index contributed by atoms with van der Waals surface area (Å²) in [6, 6.07) is 5.67. The minimum Gasteiger partial charge on any atom is -0.335 e. The van der Waals surface area contributed by atoms with Crippen LogP contribution in [0, 0.1) is 0 Å². The molecule has 1 aromatic carbocycles. The molecule has 2 bridgehead atoms. The highest BCUT2D eigenvalue weighted by Crippen LogP contribution is 2.33. The molecule has 2 aromatic rings. The number of hydrogen-bond donors (Lipinski definition) is 1. The second kappa shape index (κ2) is 9.64. The molecule has 0 aliphatic carbocycles. The fourth-order valence-electron chi connectivity index (χ4n) is 3.99. The number of hydrogen-bond acceptors (Lipinski definition) is 4. The topological polar surface area (TPSA) is 45.2 Å². The van der Waals surface area contributed by atoms with E-state index in [1.165, 1.54) is 17.4 Å². The van der Waals surface area contributed by atoms with E-state index in [0.29, 0.717) is 22.3 Å². The van der Waals surface area contributed by atoms with Crippen LogP contribution in [0.4, 0.5) is 13.2 Å². The molecule has 0 saturated carbocycles. The van der Waals surface area contributed by atoms with Gasteiger partial charge in [0, 0.05) is 29.6 Å². The maximum absolute atomic E-state index is 12.9. The van der Waals surface area contributed by atoms with Crippen LogP contribution >= 0.6 is 36.2 Å². The van der Waals surface area contributed by atoms with E-state index in [4.69, 9.17) is 0 Å². The Morgan fingerprint density at radius 3 is 2.72 bits per heavy atom. The normalized spacial score (nSPS) is 21.1. The van der Waals surface area contributed by atoms with Crippen LogP contribution < -0.4 is 5.32 Å². The lowest BCUT2D eigenvalue weighted by atomic mass is 10.1. The number of nitrogens with zero attached hydrogens (tertiary/aromatic N) is 2. The Bertz CT molecular complexity index is 832. The predicted octanol–water partition coefficient (Wildman–Crippen LogP) is 4.57. The molecule has 0 radical (unpaired) electrons. The molecule has 160 valence electrons. The number of thiazole rings is 1. The SMILES string of the molecule is Cl.Cl.O=C(Cc1csc(-c2cccc(C(F)(F)F)c2)n1)N1C2CCNCC1CC2. The third kappa shape index (κ3) is 5.23. The van der Waals surface area contributed by atoms with E-state index in [1.807, 2.05) is 4.90 Å². The highest BCUT2D eigenvalue weighted by Gasteiger charge is 2.38. The minimum absolute atomic E-state index is 0. The molecule has 10 heteroatoms. The van der Waals surface area contributed by atoms with E-state index < -0.39 is 11.7 Å². The van der Waals surface area contributed by atoms with Gasteiger partial charge >= 0.3 is 6.18 Å². The molecule has 3 heterocycles. The second-order valence-electron chi connectivity index (χ2n) is 7.08. The van der Waals surface area contributed by atoms with Gasteiger partial charge in [-0.3, -0.25) is 4.79 Å². The summed E-state index contributed by atoms with van der Waals surface area (Å²) < 4.78 is 38.7. The molecule has 1 N–H and O–H groups in total. The Kier molecular flexibility index (Phi) is 7.95. The van der Waals surface area contributed by atoms with E-state index in [1.54, 1.807) is 11.4 Å². The van der Waals surface area contributed by atoms with Gasteiger partial charge in [-0.15, -0.1) is 36.2 Å². The average molecular weight is 468 g/mol. The summed E-state index contributed by atoms with van der Waals surface area (Å²) in [5.74, 6) is 0.0621. The molecule has 0 spiro atoms. The lowest BCUT2D eigenvalue weighted by Crippen LogP contribution is -2.43. The summed E-state index contributed by atoms with van der Waals surface area (Å²) in [6.45, 7) is 1.76. The largest absolute Gasteiger partial charge is 0.416 e. The number of amides is 1. The zero-order chi connectivity index (χ0) is 19.0. The third-order valence-corrected chi connectivity index (χ3v) is 6.20. The maximum atomic E-state index is 12.9. The Morgan fingerprint density at radius 1 is 1.21 bits per heavy atom. The molecular formula is C19H22Cl2F3N3OS. The molecule has 2 atom stereocenters. The van der Waals surface area contributed by atoms with Gasteiger partial charge in [-0.05, 0) is 37.9 Å². The summed E-state index contributed by atoms with van der Waals surface area (Å²) in [4.78, 5) is 19.3. The Labute approximate surface area is 183 Å². The average Bonchev–Trinajstić information content (AvgIpc) is 3.17. The van der Waals surface area contributed by atoms with Gasteiger partial charge in [0.05, 0.1) is 17.7 Å². The maximum Gasteiger partial charge on any atom is 0.416 e. The van der Waals surface area contributed by atoms with Crippen LogP contribution in [0.5, 0.6) is 0 Å². The highest BCUT2D eigenvalue weighted by molar-refractivity contribution is 7.13. The Morgan fingerprint density at radius 2 is 1.97 bits per heavy atom. The van der Waals surface area contributed by atoms with Crippen molar-refractivity contribution in [3.8, 4) is 10.6 Å². The summed E-state index contributed by atoms with van der Waals surface area (Å²) >= 11 is 1.27. The van der Waals surface area contributed by atoms with E-state index in [9.17, 15) is 18.0 Å². The molecule has 29 heavy (non-hydrogen) atoms. The van der Waals surface area contributed by atoms with Crippen molar-refractivity contribution >= 4 is 42.1 Å². The molecule has 2 fully saturated rings. The van der Waals surface area contributed by atoms with Gasteiger partial charge in [-0.25, -0.2) is 4.98 Å². The zero-order valence-electron chi connectivity index (χ0n) is 15.4. The lowest BCUT2D eigenvalue weighted by Gasteiger charge is -2.27. The number of nitrogens with one attached hydrogen (secondary N) is 1. The monoisotopic (exact) mass is 467 g/mol. The van der Waals surface area contributed by atoms with Crippen molar-refractivity contribution in [1.82, 2.24) is 15.2 Å². The number of aromatic nitrogens is 1. The molecule has 2 unspecified atom stereocenters. The molecule has 2 aliphatic heterocycles. The van der Waals surface area contributed by atoms with E-state index >= 15 is 0 Å². The molecule has 4 rings (SSSR count). The fourth-order valence-corrected chi connectivity index (χ4v) is 4.80. The van der Waals surface area contributed by atoms with E-state index in [0.717, 1.165) is 44.5 Å². The van der Waals surface area contributed by atoms with Crippen molar-refractivity contribution in [1.29, 1.82) is 0 Å². The first kappa shape index (κ1) is 23.9. The minimum atomic E-state index is -4.38. The number of rotatable bonds is 3. The summed E-state index contributed by atoms with van der Waals surface area (Å²) in [6.07, 6.45) is -1.15. The van der Waals surface area contributed by atoms with Crippen LogP contribution in [0.1, 0.15) is 30.5 Å². The Hall–Kier alpha value is -1.35. The van der Waals surface area contributed by atoms with Crippen LogP contribution in [-0.4, -0.2) is 41.0 Å². The molecule has 1 aromatic heterocycles. The predicted molar refractivity (Wildman–Crippen MR) is 112 cm³/mol. The third-order valence-electron chi connectivity index (χ3n) is 5.26. The standard InChI is InChI=1S/C19H20F3N3OS.2ClH/c20-19(21,22)13-3-1-2-12(8-13)18-24-14(11-27-18)9-17(26)25-15-4-5-16(25)10-23-7-6-15;;/h1-3,8,11,15-16,23H,4-7,9-10H2;2*1H. The molecule has 2 aliphatic rings. The van der Waals surface area contributed by atoms with Gasteiger partial charge in [-0.1, -0.05) is 12.1 Å². The van der Waals surface area contributed by atoms with Gasteiger partial charge in [-0.2, -0.15) is 13.2 Å². The van der Waals surface area contributed by atoms with E-state index in [2.05, 4.69) is 10.3 Å².